The van der Waals surface area contributed by atoms with Gasteiger partial charge in [-0.3, -0.25) is 0 Å². The summed E-state index contributed by atoms with van der Waals surface area (Å²) in [5.74, 6) is 0. The molecule has 0 aromatic rings. The van der Waals surface area contributed by atoms with Gasteiger partial charge in [0, 0.05) is 18.6 Å². The number of ether oxygens (including phenoxy) is 1. The average Bonchev–Trinajstić information content (AvgIpc) is 1.91. The van der Waals surface area contributed by atoms with E-state index in [0.717, 1.165) is 5.70 Å². The summed E-state index contributed by atoms with van der Waals surface area (Å²) in [4.78, 5) is 8.25. The third-order valence-electron chi connectivity index (χ3n) is 0.820. The van der Waals surface area contributed by atoms with Crippen molar-refractivity contribution >= 4 is 6.47 Å². The zero-order valence-electron chi connectivity index (χ0n) is 5.45. The van der Waals surface area contributed by atoms with E-state index >= 15 is 0 Å². The highest BCUT2D eigenvalue weighted by molar-refractivity contribution is 5.29. The van der Waals surface area contributed by atoms with Crippen molar-refractivity contribution in [2.24, 2.45) is 0 Å². The lowest BCUT2D eigenvalue weighted by atomic mass is 10.4. The molecular formula is C6H9NO3. The summed E-state index contributed by atoms with van der Waals surface area (Å²) in [7, 11) is 0. The summed E-state index contributed by atoms with van der Waals surface area (Å²) in [5.41, 5.74) is 4.73. The average molecular weight is 143 g/mol. The first-order valence-corrected chi connectivity index (χ1v) is 2.67. The van der Waals surface area contributed by atoms with Gasteiger partial charge in [0.15, 0.2) is 0 Å². The molecule has 0 bridgehead atoms. The fourth-order valence-electron chi connectivity index (χ4n) is 0.414. The first kappa shape index (κ1) is 8.71. The zero-order chi connectivity index (χ0) is 7.82. The Morgan fingerprint density at radius 1 is 1.80 bits per heavy atom. The van der Waals surface area contributed by atoms with Crippen LogP contribution in [0.2, 0.25) is 0 Å². The molecular weight excluding hydrogens is 134 g/mol. The molecule has 0 spiro atoms. The minimum absolute atomic E-state index is 0.500. The number of hydrogen-bond acceptors (Lipinski definition) is 3. The molecule has 3 N–H and O–H groups in total. The van der Waals surface area contributed by atoms with Gasteiger partial charge >= 0.3 is 0 Å². The Labute approximate surface area is 58.6 Å². The molecule has 0 unspecified atom stereocenters. The molecule has 56 valence electrons. The molecule has 0 fully saturated rings. The number of carbonyl (C=O) groups is 1. The standard InChI is InChI=1S/C5H7NO.CH2O2/c6-5-1-3-7-4-2-5;2-1-3/h1-3H,4,6H2;1H,(H,2,3). The largest absolute Gasteiger partial charge is 0.554 e. The number of carboxylic acid groups (broad SMARTS) is 1. The van der Waals surface area contributed by atoms with Crippen LogP contribution in [-0.2, 0) is 9.53 Å². The van der Waals surface area contributed by atoms with Crippen LogP contribution in [0.1, 0.15) is 0 Å². The van der Waals surface area contributed by atoms with Crippen LogP contribution in [0, 0.1) is 0 Å². The van der Waals surface area contributed by atoms with E-state index in [9.17, 15) is 0 Å². The van der Waals surface area contributed by atoms with E-state index < -0.39 is 6.47 Å². The van der Waals surface area contributed by atoms with Gasteiger partial charge in [0.1, 0.15) is 12.3 Å². The van der Waals surface area contributed by atoms with E-state index in [4.69, 9.17) is 14.6 Å². The molecule has 1 aliphatic heterocycles. The van der Waals surface area contributed by atoms with Gasteiger partial charge in [-0.1, -0.05) is 0 Å². The molecule has 1 aliphatic rings. The van der Waals surface area contributed by atoms with E-state index in [1.54, 1.807) is 6.26 Å². The normalized spacial score (nSPS) is 13.9. The quantitative estimate of drug-likeness (QED) is 0.399. The van der Waals surface area contributed by atoms with Gasteiger partial charge in [0.25, 0.3) is 0 Å². The van der Waals surface area contributed by atoms with Crippen LogP contribution in [0.4, 0.5) is 0 Å². The monoisotopic (exact) mass is 143 g/mol. The zero-order valence-corrected chi connectivity index (χ0v) is 5.45. The fraction of sp³-hybridized carbons (Fsp3) is 0.167. The van der Waals surface area contributed by atoms with Crippen LogP contribution in [0.3, 0.4) is 0 Å². The SMILES string of the molecule is O=C[O-].[NH3+]C1=CCOC=C1. The second-order valence-corrected chi connectivity index (χ2v) is 1.51. The molecule has 0 amide bonds. The summed E-state index contributed by atoms with van der Waals surface area (Å²) in [5, 5.41) is 8.25. The molecule has 4 heteroatoms. The number of carbonyl (C=O) groups excluding carboxylic acids is 1. The van der Waals surface area contributed by atoms with E-state index in [-0.39, 0.29) is 0 Å². The maximum absolute atomic E-state index is 8.25. The Kier molecular flexibility index (Phi) is 5.09. The summed E-state index contributed by atoms with van der Waals surface area (Å²) < 4.78 is 4.84. The summed E-state index contributed by atoms with van der Waals surface area (Å²) in [6.07, 6.45) is 5.42. The Hall–Kier alpha value is -1.29. The van der Waals surface area contributed by atoms with E-state index in [1.807, 2.05) is 12.2 Å². The van der Waals surface area contributed by atoms with Crippen molar-refractivity contribution < 1.29 is 20.4 Å². The van der Waals surface area contributed by atoms with Crippen LogP contribution in [-0.4, -0.2) is 13.1 Å². The van der Waals surface area contributed by atoms with Gasteiger partial charge in [-0.2, -0.15) is 0 Å². The van der Waals surface area contributed by atoms with Crippen molar-refractivity contribution in [3.05, 3.63) is 24.1 Å². The van der Waals surface area contributed by atoms with Crippen molar-refractivity contribution in [3.8, 4) is 0 Å². The number of allylic oxidation sites excluding steroid dienone is 1. The minimum Gasteiger partial charge on any atom is -0.554 e. The van der Waals surface area contributed by atoms with E-state index in [0.29, 0.717) is 6.61 Å². The molecule has 0 saturated carbocycles. The summed E-state index contributed by atoms with van der Waals surface area (Å²) >= 11 is 0. The predicted molar refractivity (Wildman–Crippen MR) is 32.1 cm³/mol. The number of rotatable bonds is 0. The number of hydrogen-bond donors (Lipinski definition) is 1. The van der Waals surface area contributed by atoms with Crippen LogP contribution >= 0.6 is 0 Å². The van der Waals surface area contributed by atoms with Gasteiger partial charge in [0.05, 0.1) is 6.26 Å². The van der Waals surface area contributed by atoms with Crippen LogP contribution in [0.15, 0.2) is 24.1 Å². The van der Waals surface area contributed by atoms with Crippen molar-refractivity contribution in [1.29, 1.82) is 0 Å². The van der Waals surface area contributed by atoms with Crippen LogP contribution in [0.25, 0.3) is 0 Å². The van der Waals surface area contributed by atoms with Gasteiger partial charge < -0.3 is 20.4 Å². The molecule has 10 heavy (non-hydrogen) atoms. The summed E-state index contributed by atoms with van der Waals surface area (Å²) in [6.45, 7) is 0.176. The molecule has 0 saturated heterocycles. The third kappa shape index (κ3) is 4.86. The molecule has 0 aromatic heterocycles. The third-order valence-corrected chi connectivity index (χ3v) is 0.820. The molecule has 1 heterocycles. The van der Waals surface area contributed by atoms with Gasteiger partial charge in [-0.25, -0.2) is 0 Å². The molecule has 0 radical (unpaired) electrons. The topological polar surface area (TPSA) is 77.0 Å². The van der Waals surface area contributed by atoms with Gasteiger partial charge in [-0.05, 0) is 0 Å². The molecule has 0 aliphatic carbocycles. The van der Waals surface area contributed by atoms with Gasteiger partial charge in [-0.15, -0.1) is 0 Å². The Morgan fingerprint density at radius 3 is 2.60 bits per heavy atom. The lowest BCUT2D eigenvalue weighted by molar-refractivity contribution is -0.296. The van der Waals surface area contributed by atoms with Crippen molar-refractivity contribution in [1.82, 2.24) is 0 Å². The summed E-state index contributed by atoms with van der Waals surface area (Å²) in [6, 6.07) is 0. The van der Waals surface area contributed by atoms with Crippen molar-refractivity contribution in [3.63, 3.8) is 0 Å². The highest BCUT2D eigenvalue weighted by Crippen LogP contribution is 1.92. The number of quaternary nitrogens is 1. The van der Waals surface area contributed by atoms with E-state index in [1.165, 1.54) is 0 Å². The fourth-order valence-corrected chi connectivity index (χ4v) is 0.414. The molecule has 0 atom stereocenters. The highest BCUT2D eigenvalue weighted by atomic mass is 16.5. The Morgan fingerprint density at radius 2 is 2.40 bits per heavy atom. The smallest absolute Gasteiger partial charge is 0.130 e. The van der Waals surface area contributed by atoms with Crippen LogP contribution < -0.4 is 10.8 Å². The molecule has 1 rings (SSSR count). The maximum atomic E-state index is 8.25. The van der Waals surface area contributed by atoms with Gasteiger partial charge in [0.2, 0.25) is 0 Å². The molecule has 0 aromatic carbocycles. The van der Waals surface area contributed by atoms with Crippen LogP contribution in [0.5, 0.6) is 0 Å². The Bertz CT molecular complexity index is 151. The lowest BCUT2D eigenvalue weighted by Gasteiger charge is -1.97. The highest BCUT2D eigenvalue weighted by Gasteiger charge is 1.90. The minimum atomic E-state index is -0.500. The molecule has 4 nitrogen and oxygen atoms in total. The lowest BCUT2D eigenvalue weighted by Crippen LogP contribution is -2.47. The second kappa shape index (κ2) is 5.84. The van der Waals surface area contributed by atoms with Crippen molar-refractivity contribution in [2.45, 2.75) is 0 Å². The second-order valence-electron chi connectivity index (χ2n) is 1.51. The first-order chi connectivity index (χ1) is 4.81. The maximum Gasteiger partial charge on any atom is 0.130 e. The Balaban J connectivity index is 0.000000236. The first-order valence-electron chi connectivity index (χ1n) is 2.67. The van der Waals surface area contributed by atoms with Crippen molar-refractivity contribution in [2.75, 3.05) is 6.61 Å². The predicted octanol–water partition coefficient (Wildman–Crippen LogP) is -1.98. The van der Waals surface area contributed by atoms with E-state index in [2.05, 4.69) is 5.73 Å².